The van der Waals surface area contributed by atoms with Gasteiger partial charge in [0.2, 0.25) is 0 Å². The van der Waals surface area contributed by atoms with Gasteiger partial charge in [-0.2, -0.15) is 5.26 Å². The van der Waals surface area contributed by atoms with Gasteiger partial charge in [0.05, 0.1) is 11.5 Å². The number of fused-ring (bicyclic) bond motifs is 2. The van der Waals surface area contributed by atoms with Crippen molar-refractivity contribution in [1.29, 1.82) is 5.26 Å². The summed E-state index contributed by atoms with van der Waals surface area (Å²) in [6, 6.07) is 6.98. The molecule has 2 saturated carbocycles. The summed E-state index contributed by atoms with van der Waals surface area (Å²) in [6.07, 6.45) is 7.40. The van der Waals surface area contributed by atoms with Crippen LogP contribution in [0.1, 0.15) is 37.0 Å². The van der Waals surface area contributed by atoms with Crippen LogP contribution in [0.3, 0.4) is 0 Å². The van der Waals surface area contributed by atoms with Gasteiger partial charge < -0.3 is 0 Å². The molecule has 2 fully saturated rings. The van der Waals surface area contributed by atoms with E-state index in [-0.39, 0.29) is 5.41 Å². The first-order chi connectivity index (χ1) is 7.82. The number of thiophene rings is 1. The quantitative estimate of drug-likeness (QED) is 0.771. The molecule has 0 aliphatic heterocycles. The Morgan fingerprint density at radius 1 is 1.50 bits per heavy atom. The Labute approximate surface area is 101 Å². The van der Waals surface area contributed by atoms with Crippen molar-refractivity contribution in [2.75, 3.05) is 0 Å². The Bertz CT molecular complexity index is 403. The SMILES string of the molecule is N#CC1(CCc2cccs2)CC2CCC1C2. The summed E-state index contributed by atoms with van der Waals surface area (Å²) in [5.41, 5.74) is 0.0346. The van der Waals surface area contributed by atoms with Crippen LogP contribution in [0.2, 0.25) is 0 Å². The highest BCUT2D eigenvalue weighted by Gasteiger charge is 2.50. The van der Waals surface area contributed by atoms with Crippen molar-refractivity contribution in [3.8, 4) is 6.07 Å². The van der Waals surface area contributed by atoms with E-state index in [0.717, 1.165) is 18.8 Å². The number of nitriles is 1. The van der Waals surface area contributed by atoms with Crippen molar-refractivity contribution < 1.29 is 0 Å². The van der Waals surface area contributed by atoms with Crippen LogP contribution in [0, 0.1) is 28.6 Å². The molecule has 3 rings (SSSR count). The topological polar surface area (TPSA) is 23.8 Å². The Balaban J connectivity index is 1.70. The van der Waals surface area contributed by atoms with Crippen LogP contribution < -0.4 is 0 Å². The third-order valence-electron chi connectivity index (χ3n) is 4.60. The molecule has 0 N–H and O–H groups in total. The molecule has 0 spiro atoms. The lowest BCUT2D eigenvalue weighted by Gasteiger charge is -2.30. The van der Waals surface area contributed by atoms with Crippen molar-refractivity contribution in [2.24, 2.45) is 17.3 Å². The van der Waals surface area contributed by atoms with E-state index >= 15 is 0 Å². The minimum Gasteiger partial charge on any atom is -0.198 e. The zero-order valence-electron chi connectivity index (χ0n) is 9.48. The zero-order chi connectivity index (χ0) is 11.0. The summed E-state index contributed by atoms with van der Waals surface area (Å²) < 4.78 is 0. The predicted octanol–water partition coefficient (Wildman–Crippen LogP) is 4.01. The third-order valence-corrected chi connectivity index (χ3v) is 5.53. The fourth-order valence-corrected chi connectivity index (χ4v) is 4.45. The molecule has 1 heterocycles. The van der Waals surface area contributed by atoms with Gasteiger partial charge in [-0.3, -0.25) is 0 Å². The van der Waals surface area contributed by atoms with E-state index < -0.39 is 0 Å². The van der Waals surface area contributed by atoms with Gasteiger partial charge in [0, 0.05) is 4.88 Å². The molecule has 1 aromatic rings. The van der Waals surface area contributed by atoms with E-state index in [1.165, 1.54) is 30.6 Å². The van der Waals surface area contributed by atoms with E-state index in [0.29, 0.717) is 5.92 Å². The van der Waals surface area contributed by atoms with Crippen LogP contribution in [0.5, 0.6) is 0 Å². The first-order valence-electron chi connectivity index (χ1n) is 6.26. The van der Waals surface area contributed by atoms with Crippen LogP contribution in [0.15, 0.2) is 17.5 Å². The van der Waals surface area contributed by atoms with E-state index in [1.807, 2.05) is 11.3 Å². The highest BCUT2D eigenvalue weighted by molar-refractivity contribution is 7.09. The molecule has 16 heavy (non-hydrogen) atoms. The minimum atomic E-state index is 0.0346. The van der Waals surface area contributed by atoms with Gasteiger partial charge in [0.25, 0.3) is 0 Å². The highest BCUT2D eigenvalue weighted by atomic mass is 32.1. The number of hydrogen-bond donors (Lipinski definition) is 0. The smallest absolute Gasteiger partial charge is 0.0692 e. The summed E-state index contributed by atoms with van der Waals surface area (Å²) >= 11 is 1.83. The van der Waals surface area contributed by atoms with Crippen molar-refractivity contribution >= 4 is 11.3 Å². The normalized spacial score (nSPS) is 36.4. The maximum absolute atomic E-state index is 9.52. The van der Waals surface area contributed by atoms with Gasteiger partial charge in [-0.05, 0) is 55.4 Å². The minimum absolute atomic E-state index is 0.0346. The molecular formula is C14H17NS. The summed E-state index contributed by atoms with van der Waals surface area (Å²) in [6.45, 7) is 0. The van der Waals surface area contributed by atoms with E-state index in [1.54, 1.807) is 0 Å². The zero-order valence-corrected chi connectivity index (χ0v) is 10.3. The summed E-state index contributed by atoms with van der Waals surface area (Å²) in [5, 5.41) is 11.7. The van der Waals surface area contributed by atoms with Crippen LogP contribution in [0.25, 0.3) is 0 Å². The molecule has 3 unspecified atom stereocenters. The number of aryl methyl sites for hydroxylation is 1. The molecule has 0 aromatic carbocycles. The molecule has 0 amide bonds. The maximum atomic E-state index is 9.52. The lowest BCUT2D eigenvalue weighted by Crippen LogP contribution is -2.26. The van der Waals surface area contributed by atoms with Crippen LogP contribution in [-0.2, 0) is 6.42 Å². The van der Waals surface area contributed by atoms with E-state index in [9.17, 15) is 5.26 Å². The van der Waals surface area contributed by atoms with Crippen LogP contribution in [-0.4, -0.2) is 0 Å². The monoisotopic (exact) mass is 231 g/mol. The van der Waals surface area contributed by atoms with E-state index in [4.69, 9.17) is 0 Å². The number of hydrogen-bond acceptors (Lipinski definition) is 2. The second-order valence-electron chi connectivity index (χ2n) is 5.43. The summed E-state index contributed by atoms with van der Waals surface area (Å²) in [4.78, 5) is 1.44. The van der Waals surface area contributed by atoms with Gasteiger partial charge >= 0.3 is 0 Å². The van der Waals surface area contributed by atoms with Crippen molar-refractivity contribution in [2.45, 2.75) is 38.5 Å². The van der Waals surface area contributed by atoms with Gasteiger partial charge in [-0.15, -0.1) is 11.3 Å². The van der Waals surface area contributed by atoms with Crippen molar-refractivity contribution in [3.05, 3.63) is 22.4 Å². The largest absolute Gasteiger partial charge is 0.198 e. The standard InChI is InChI=1S/C14H17NS/c15-10-14(6-5-13-2-1-7-16-13)9-11-3-4-12(14)8-11/h1-2,7,11-12H,3-6,8-9H2. The molecule has 2 aliphatic carbocycles. The number of nitrogens with zero attached hydrogens (tertiary/aromatic N) is 1. The van der Waals surface area contributed by atoms with Crippen molar-refractivity contribution in [1.82, 2.24) is 0 Å². The Morgan fingerprint density at radius 2 is 2.44 bits per heavy atom. The molecule has 84 valence electrons. The predicted molar refractivity (Wildman–Crippen MR) is 66.1 cm³/mol. The lowest BCUT2D eigenvalue weighted by molar-refractivity contribution is 0.224. The van der Waals surface area contributed by atoms with Crippen molar-refractivity contribution in [3.63, 3.8) is 0 Å². The molecule has 1 nitrogen and oxygen atoms in total. The second kappa shape index (κ2) is 3.89. The maximum Gasteiger partial charge on any atom is 0.0692 e. The summed E-state index contributed by atoms with van der Waals surface area (Å²) in [5.74, 6) is 1.58. The average molecular weight is 231 g/mol. The number of rotatable bonds is 3. The fraction of sp³-hybridized carbons (Fsp3) is 0.643. The molecule has 2 aliphatic rings. The average Bonchev–Trinajstić information content (AvgIpc) is 3.02. The first-order valence-corrected chi connectivity index (χ1v) is 7.14. The molecule has 0 saturated heterocycles. The highest BCUT2D eigenvalue weighted by Crippen LogP contribution is 2.57. The molecular weight excluding hydrogens is 214 g/mol. The Kier molecular flexibility index (Phi) is 2.52. The molecule has 1 aromatic heterocycles. The molecule has 2 bridgehead atoms. The van der Waals surface area contributed by atoms with Gasteiger partial charge in [0.1, 0.15) is 0 Å². The Hall–Kier alpha value is -0.810. The third kappa shape index (κ3) is 1.58. The lowest BCUT2D eigenvalue weighted by atomic mass is 9.71. The van der Waals surface area contributed by atoms with Crippen LogP contribution >= 0.6 is 11.3 Å². The molecule has 2 heteroatoms. The summed E-state index contributed by atoms with van der Waals surface area (Å²) in [7, 11) is 0. The van der Waals surface area contributed by atoms with Gasteiger partial charge in [0.15, 0.2) is 0 Å². The second-order valence-corrected chi connectivity index (χ2v) is 6.46. The first kappa shape index (κ1) is 10.4. The van der Waals surface area contributed by atoms with E-state index in [2.05, 4.69) is 23.6 Å². The van der Waals surface area contributed by atoms with Crippen LogP contribution in [0.4, 0.5) is 0 Å². The van der Waals surface area contributed by atoms with Gasteiger partial charge in [-0.1, -0.05) is 12.5 Å². The fourth-order valence-electron chi connectivity index (χ4n) is 3.74. The van der Waals surface area contributed by atoms with Gasteiger partial charge in [-0.25, -0.2) is 0 Å². The molecule has 0 radical (unpaired) electrons. The Morgan fingerprint density at radius 3 is 3.00 bits per heavy atom. The molecule has 3 atom stereocenters.